The maximum Gasteiger partial charge on any atom is 0.125 e. The lowest BCUT2D eigenvalue weighted by molar-refractivity contribution is -0.107. The van der Waals surface area contributed by atoms with E-state index in [9.17, 15) is 4.79 Å². The van der Waals surface area contributed by atoms with Crippen molar-refractivity contribution in [2.24, 2.45) is 11.6 Å². The van der Waals surface area contributed by atoms with Crippen LogP contribution in [0.5, 0.6) is 0 Å². The second kappa shape index (κ2) is 6.27. The van der Waals surface area contributed by atoms with Crippen LogP contribution in [0.2, 0.25) is 0 Å². The van der Waals surface area contributed by atoms with Gasteiger partial charge in [0, 0.05) is 17.4 Å². The third kappa shape index (κ3) is 3.21. The summed E-state index contributed by atoms with van der Waals surface area (Å²) < 4.78 is 0. The van der Waals surface area contributed by atoms with Crippen LogP contribution in [-0.2, 0) is 4.79 Å². The van der Waals surface area contributed by atoms with E-state index in [2.05, 4.69) is 15.9 Å². The number of nitrogens with zero attached hydrogens (tertiary/aromatic N) is 1. The Morgan fingerprint density at radius 1 is 1.41 bits per heavy atom. The lowest BCUT2D eigenvalue weighted by atomic mass is 10.2. The van der Waals surface area contributed by atoms with Crippen molar-refractivity contribution in [1.82, 2.24) is 0 Å². The van der Waals surface area contributed by atoms with Gasteiger partial charge in [0.25, 0.3) is 0 Å². The van der Waals surface area contributed by atoms with Gasteiger partial charge in [-0.3, -0.25) is 5.01 Å². The van der Waals surface area contributed by atoms with Gasteiger partial charge in [-0.1, -0.05) is 28.1 Å². The summed E-state index contributed by atoms with van der Waals surface area (Å²) in [6, 6.07) is 7.12. The van der Waals surface area contributed by atoms with Gasteiger partial charge < -0.3 is 16.3 Å². The third-order valence-corrected chi connectivity index (χ3v) is 2.88. The topological polar surface area (TPSA) is 98.4 Å². The predicted molar refractivity (Wildman–Crippen MR) is 73.2 cm³/mol. The summed E-state index contributed by atoms with van der Waals surface area (Å²) in [4.78, 5) is 10.6. The van der Waals surface area contributed by atoms with E-state index in [0.29, 0.717) is 28.1 Å². The van der Waals surface area contributed by atoms with Crippen LogP contribution in [0.25, 0.3) is 0 Å². The largest absolute Gasteiger partial charge is 0.400 e. The van der Waals surface area contributed by atoms with E-state index < -0.39 is 0 Å². The number of aldehydes is 1. The normalized spacial score (nSPS) is 11.9. The number of benzene rings is 1. The van der Waals surface area contributed by atoms with Gasteiger partial charge >= 0.3 is 0 Å². The molecule has 0 saturated heterocycles. The maximum atomic E-state index is 10.6. The highest BCUT2D eigenvalue weighted by atomic mass is 79.9. The predicted octanol–water partition coefficient (Wildman–Crippen LogP) is 1.10. The van der Waals surface area contributed by atoms with Gasteiger partial charge in [0.2, 0.25) is 0 Å². The lowest BCUT2D eigenvalue weighted by Gasteiger charge is -2.23. The summed E-state index contributed by atoms with van der Waals surface area (Å²) in [6.07, 6.45) is 0.895. The minimum atomic E-state index is 0.141. The van der Waals surface area contributed by atoms with Crippen LogP contribution in [0.1, 0.15) is 6.42 Å². The molecule has 0 unspecified atom stereocenters. The van der Waals surface area contributed by atoms with Crippen LogP contribution in [0, 0.1) is 0 Å². The smallest absolute Gasteiger partial charge is 0.125 e. The number of rotatable bonds is 5. The van der Waals surface area contributed by atoms with E-state index in [1.165, 1.54) is 5.01 Å². The van der Waals surface area contributed by atoms with Crippen molar-refractivity contribution in [3.05, 3.63) is 35.7 Å². The van der Waals surface area contributed by atoms with Crippen LogP contribution in [0.3, 0.4) is 0 Å². The number of alkyl halides is 1. The summed E-state index contributed by atoms with van der Waals surface area (Å²) in [7, 11) is 0. The van der Waals surface area contributed by atoms with Crippen LogP contribution < -0.4 is 22.3 Å². The van der Waals surface area contributed by atoms with Gasteiger partial charge in [-0.25, -0.2) is 5.84 Å². The van der Waals surface area contributed by atoms with Crippen LogP contribution in [0.4, 0.5) is 11.4 Å². The van der Waals surface area contributed by atoms with Crippen molar-refractivity contribution in [3.63, 3.8) is 0 Å². The maximum absolute atomic E-state index is 10.6. The second-order valence-electron chi connectivity index (χ2n) is 3.41. The SMILES string of the molecule is N/C(CBr)=C(/CC=O)N(N)c1ccccc1N. The highest BCUT2D eigenvalue weighted by Gasteiger charge is 2.13. The van der Waals surface area contributed by atoms with Gasteiger partial charge in [-0.2, -0.15) is 0 Å². The van der Waals surface area contributed by atoms with E-state index in [0.717, 1.165) is 6.29 Å². The number of nitrogens with two attached hydrogens (primary N) is 3. The molecule has 0 fully saturated rings. The molecule has 6 N–H and O–H groups in total. The molecule has 0 aliphatic carbocycles. The summed E-state index contributed by atoms with van der Waals surface area (Å²) in [5.41, 5.74) is 13.8. The Labute approximate surface area is 108 Å². The number of allylic oxidation sites excluding steroid dienone is 2. The van der Waals surface area contributed by atoms with Crippen LogP contribution in [-0.4, -0.2) is 11.6 Å². The first-order valence-electron chi connectivity index (χ1n) is 4.98. The Morgan fingerprint density at radius 2 is 2.06 bits per heavy atom. The third-order valence-electron chi connectivity index (χ3n) is 2.28. The Bertz CT molecular complexity index is 433. The molecule has 0 spiro atoms. The average Bonchev–Trinajstić information content (AvgIpc) is 2.35. The number of para-hydroxylation sites is 2. The molecule has 0 aliphatic rings. The standard InChI is InChI=1S/C11H15BrN4O/c12-7-9(14)11(5-6-17)16(15)10-4-2-1-3-8(10)13/h1-4,6H,5,7,13-15H2/b11-9-. The molecule has 92 valence electrons. The summed E-state index contributed by atoms with van der Waals surface area (Å²) >= 11 is 3.23. The molecule has 5 nitrogen and oxygen atoms in total. The van der Waals surface area contributed by atoms with Crippen molar-refractivity contribution in [3.8, 4) is 0 Å². The van der Waals surface area contributed by atoms with Crippen molar-refractivity contribution in [1.29, 1.82) is 0 Å². The van der Waals surface area contributed by atoms with E-state index in [-0.39, 0.29) is 6.42 Å². The summed E-state index contributed by atoms with van der Waals surface area (Å²) in [5, 5.41) is 1.79. The number of halogens is 1. The second-order valence-corrected chi connectivity index (χ2v) is 3.97. The van der Waals surface area contributed by atoms with E-state index >= 15 is 0 Å². The van der Waals surface area contributed by atoms with Crippen molar-refractivity contribution >= 4 is 33.6 Å². The molecule has 0 bridgehead atoms. The molecule has 0 heterocycles. The average molecular weight is 299 g/mol. The molecular formula is C11H15BrN4O. The van der Waals surface area contributed by atoms with Crippen molar-refractivity contribution in [2.75, 3.05) is 16.1 Å². The number of nitrogen functional groups attached to an aromatic ring is 1. The van der Waals surface area contributed by atoms with Crippen LogP contribution >= 0.6 is 15.9 Å². The van der Waals surface area contributed by atoms with Gasteiger partial charge in [-0.15, -0.1) is 0 Å². The van der Waals surface area contributed by atoms with Gasteiger partial charge in [0.15, 0.2) is 0 Å². The van der Waals surface area contributed by atoms with Crippen molar-refractivity contribution in [2.45, 2.75) is 6.42 Å². The molecule has 0 atom stereocenters. The minimum Gasteiger partial charge on any atom is -0.400 e. The van der Waals surface area contributed by atoms with Gasteiger partial charge in [0.1, 0.15) is 6.29 Å². The molecule has 6 heteroatoms. The summed E-state index contributed by atoms with van der Waals surface area (Å²) in [5.74, 6) is 5.94. The fourth-order valence-corrected chi connectivity index (χ4v) is 1.72. The molecular weight excluding hydrogens is 284 g/mol. The Morgan fingerprint density at radius 3 is 2.59 bits per heavy atom. The molecule has 0 saturated carbocycles. The number of hydrazine groups is 1. The number of anilines is 2. The molecule has 17 heavy (non-hydrogen) atoms. The number of hydrogen-bond acceptors (Lipinski definition) is 5. The molecule has 0 aliphatic heterocycles. The van der Waals surface area contributed by atoms with Gasteiger partial charge in [-0.05, 0) is 12.1 Å². The number of hydrogen-bond donors (Lipinski definition) is 3. The number of carbonyl (C=O) groups excluding carboxylic acids is 1. The highest BCUT2D eigenvalue weighted by molar-refractivity contribution is 9.09. The fourth-order valence-electron chi connectivity index (χ4n) is 1.39. The van der Waals surface area contributed by atoms with Crippen molar-refractivity contribution < 1.29 is 4.79 Å². The summed E-state index contributed by atoms with van der Waals surface area (Å²) in [6.45, 7) is 0. The molecule has 1 aromatic rings. The molecule has 1 aromatic carbocycles. The zero-order chi connectivity index (χ0) is 12.8. The minimum absolute atomic E-state index is 0.141. The zero-order valence-corrected chi connectivity index (χ0v) is 10.9. The monoisotopic (exact) mass is 298 g/mol. The fraction of sp³-hybridized carbons (Fsp3) is 0.182. The molecule has 0 amide bonds. The Balaban J connectivity index is 3.13. The Hall–Kier alpha value is -1.53. The first kappa shape index (κ1) is 13.5. The van der Waals surface area contributed by atoms with E-state index in [4.69, 9.17) is 17.3 Å². The molecule has 1 rings (SSSR count). The molecule has 0 radical (unpaired) electrons. The lowest BCUT2D eigenvalue weighted by Crippen LogP contribution is -2.33. The first-order chi connectivity index (χ1) is 8.11. The Kier molecular flexibility index (Phi) is 4.99. The van der Waals surface area contributed by atoms with Gasteiger partial charge in [0.05, 0.1) is 17.1 Å². The van der Waals surface area contributed by atoms with Crippen LogP contribution in [0.15, 0.2) is 35.7 Å². The number of carbonyl (C=O) groups is 1. The highest BCUT2D eigenvalue weighted by Crippen LogP contribution is 2.24. The van der Waals surface area contributed by atoms with E-state index in [1.807, 2.05) is 12.1 Å². The zero-order valence-electron chi connectivity index (χ0n) is 9.27. The van der Waals surface area contributed by atoms with E-state index in [1.54, 1.807) is 12.1 Å². The molecule has 0 aromatic heterocycles. The first-order valence-corrected chi connectivity index (χ1v) is 6.10. The quantitative estimate of drug-likeness (QED) is 0.249.